The topological polar surface area (TPSA) is 131 Å². The number of aromatic nitrogens is 2. The number of thiazole rings is 1. The van der Waals surface area contributed by atoms with Crippen molar-refractivity contribution >= 4 is 45.0 Å². The molecule has 2 atom stereocenters. The van der Waals surface area contributed by atoms with E-state index in [0.29, 0.717) is 6.54 Å². The average Bonchev–Trinajstić information content (AvgIpc) is 3.38. The van der Waals surface area contributed by atoms with Gasteiger partial charge < -0.3 is 25.6 Å². The van der Waals surface area contributed by atoms with Gasteiger partial charge in [0.15, 0.2) is 0 Å². The molecule has 10 nitrogen and oxygen atoms in total. The third kappa shape index (κ3) is 5.53. The number of amides is 3. The van der Waals surface area contributed by atoms with Crippen molar-refractivity contribution in [2.75, 3.05) is 39.1 Å². The Morgan fingerprint density at radius 2 is 1.93 bits per heavy atom. The van der Waals surface area contributed by atoms with Crippen LogP contribution >= 0.6 is 11.3 Å². The van der Waals surface area contributed by atoms with Crippen LogP contribution in [0.4, 0.5) is 5.69 Å². The van der Waals surface area contributed by atoms with Crippen molar-refractivity contribution in [3.05, 3.63) is 46.6 Å². The maximum Gasteiger partial charge on any atom is 0.313 e. The lowest BCUT2D eigenvalue weighted by Gasteiger charge is -2.38. The predicted octanol–water partition coefficient (Wildman–Crippen LogP) is 3.72. The van der Waals surface area contributed by atoms with Crippen molar-refractivity contribution in [3.8, 4) is 5.88 Å². The van der Waals surface area contributed by atoms with Crippen molar-refractivity contribution in [1.82, 2.24) is 19.8 Å². The molecule has 2 fully saturated rings. The molecular weight excluding hydrogens is 528 g/mol. The Hall–Kier alpha value is -3.57. The lowest BCUT2D eigenvalue weighted by atomic mass is 9.81. The molecule has 0 unspecified atom stereocenters. The predicted molar refractivity (Wildman–Crippen MR) is 154 cm³/mol. The highest BCUT2D eigenvalue weighted by Crippen LogP contribution is 2.40. The summed E-state index contributed by atoms with van der Waals surface area (Å²) in [5.41, 5.74) is 7.60. The monoisotopic (exact) mass is 564 g/mol. The van der Waals surface area contributed by atoms with Crippen molar-refractivity contribution in [1.29, 1.82) is 0 Å². The van der Waals surface area contributed by atoms with Crippen LogP contribution in [0.25, 0.3) is 10.2 Å². The number of hydrogen-bond acceptors (Lipinski definition) is 8. The van der Waals surface area contributed by atoms with Gasteiger partial charge in [-0.25, -0.2) is 9.97 Å². The largest absolute Gasteiger partial charge is 0.480 e. The molecule has 3 aromatic rings. The van der Waals surface area contributed by atoms with Crippen LogP contribution in [-0.4, -0.2) is 71.3 Å². The zero-order valence-electron chi connectivity index (χ0n) is 23.4. The summed E-state index contributed by atoms with van der Waals surface area (Å²) in [6, 6.07) is 7.36. The van der Waals surface area contributed by atoms with Crippen LogP contribution in [0.5, 0.6) is 5.88 Å². The number of rotatable bonds is 5. The second-order valence-electron chi connectivity index (χ2n) is 11.4. The number of pyridine rings is 1. The molecule has 3 amide bonds. The minimum Gasteiger partial charge on any atom is -0.480 e. The second-order valence-corrected chi connectivity index (χ2v) is 12.4. The first-order chi connectivity index (χ1) is 19.1. The first-order valence-electron chi connectivity index (χ1n) is 13.6. The van der Waals surface area contributed by atoms with Crippen molar-refractivity contribution in [2.24, 2.45) is 11.7 Å². The maximum atomic E-state index is 13.5. The number of methoxy groups -OCH3 is 1. The Morgan fingerprint density at radius 1 is 1.18 bits per heavy atom. The van der Waals surface area contributed by atoms with Gasteiger partial charge in [-0.3, -0.25) is 14.4 Å². The highest BCUT2D eigenvalue weighted by Gasteiger charge is 2.36. The molecule has 4 heterocycles. The van der Waals surface area contributed by atoms with Gasteiger partial charge in [0.2, 0.25) is 5.88 Å². The average molecular weight is 565 g/mol. The van der Waals surface area contributed by atoms with Gasteiger partial charge in [-0.05, 0) is 75.5 Å². The van der Waals surface area contributed by atoms with Gasteiger partial charge in [-0.2, -0.15) is 0 Å². The molecule has 5 rings (SSSR count). The van der Waals surface area contributed by atoms with Crippen molar-refractivity contribution in [2.45, 2.75) is 51.0 Å². The maximum absolute atomic E-state index is 13.5. The zero-order valence-corrected chi connectivity index (χ0v) is 24.2. The van der Waals surface area contributed by atoms with Gasteiger partial charge in [0.05, 0.1) is 40.3 Å². The van der Waals surface area contributed by atoms with E-state index in [0.717, 1.165) is 54.6 Å². The molecule has 2 saturated heterocycles. The van der Waals surface area contributed by atoms with E-state index in [9.17, 15) is 14.4 Å². The van der Waals surface area contributed by atoms with Gasteiger partial charge in [0, 0.05) is 12.0 Å². The number of piperidine rings is 2. The standard InChI is InChI=1S/C29H36N6O4S/c1-17-5-7-22(18-6-8-23-21(13-18)33-28(40-23)29(2)9-11-34(3)12-10-29)35(16-17)27(38)25(37)32-19-14-20(24(30)36)26(39-4)31-15-19/h6,8,13-15,17,22H,5,7,9-12,16H2,1-4H3,(H2,30,36)(H,32,37)/t17-,22+/m0/s1. The number of hydrogen-bond donors (Lipinski definition) is 2. The molecule has 0 spiro atoms. The van der Waals surface area contributed by atoms with Crippen LogP contribution in [0.1, 0.15) is 66.5 Å². The Labute approximate surface area is 237 Å². The van der Waals surface area contributed by atoms with Crippen LogP contribution in [0, 0.1) is 5.92 Å². The van der Waals surface area contributed by atoms with E-state index in [1.54, 1.807) is 16.2 Å². The molecule has 40 heavy (non-hydrogen) atoms. The lowest BCUT2D eigenvalue weighted by Crippen LogP contribution is -2.46. The Balaban J connectivity index is 1.37. The quantitative estimate of drug-likeness (QED) is 0.452. The minimum atomic E-state index is -0.797. The molecule has 0 bridgehead atoms. The zero-order chi connectivity index (χ0) is 28.6. The van der Waals surface area contributed by atoms with Gasteiger partial charge >= 0.3 is 11.8 Å². The van der Waals surface area contributed by atoms with E-state index in [2.05, 4.69) is 54.3 Å². The number of carbonyl (C=O) groups is 3. The Kier molecular flexibility index (Phi) is 7.78. The van der Waals surface area contributed by atoms with Crippen LogP contribution in [0.3, 0.4) is 0 Å². The SMILES string of the molecule is COc1ncc(NC(=O)C(=O)N2C[C@@H](C)CC[C@@H]2c2ccc3sc(C4(C)CCN(C)CC4)nc3c2)cc1C(N)=O. The first kappa shape index (κ1) is 28.0. The Bertz CT molecular complexity index is 1450. The summed E-state index contributed by atoms with van der Waals surface area (Å²) in [6.45, 7) is 6.99. The van der Waals surface area contributed by atoms with Gasteiger partial charge in [0.25, 0.3) is 5.91 Å². The smallest absolute Gasteiger partial charge is 0.313 e. The lowest BCUT2D eigenvalue weighted by molar-refractivity contribution is -0.146. The molecule has 11 heteroatoms. The van der Waals surface area contributed by atoms with Gasteiger partial charge in [0.1, 0.15) is 5.56 Å². The van der Waals surface area contributed by atoms with Crippen molar-refractivity contribution in [3.63, 3.8) is 0 Å². The summed E-state index contributed by atoms with van der Waals surface area (Å²) < 4.78 is 6.19. The molecule has 2 aliphatic rings. The van der Waals surface area contributed by atoms with Crippen molar-refractivity contribution < 1.29 is 19.1 Å². The third-order valence-electron chi connectivity index (χ3n) is 8.24. The number of anilines is 1. The molecule has 2 aliphatic heterocycles. The van der Waals surface area contributed by atoms with E-state index < -0.39 is 17.7 Å². The van der Waals surface area contributed by atoms with E-state index in [-0.39, 0.29) is 34.5 Å². The summed E-state index contributed by atoms with van der Waals surface area (Å²) in [4.78, 5) is 51.4. The van der Waals surface area contributed by atoms with Crippen LogP contribution in [-0.2, 0) is 15.0 Å². The number of fused-ring (bicyclic) bond motifs is 1. The van der Waals surface area contributed by atoms with Crippen LogP contribution in [0.2, 0.25) is 0 Å². The minimum absolute atomic E-state index is 0.0160. The van der Waals surface area contributed by atoms with Crippen LogP contribution in [0.15, 0.2) is 30.5 Å². The molecular formula is C29H36N6O4S. The number of nitrogens with zero attached hydrogens (tertiary/aromatic N) is 4. The highest BCUT2D eigenvalue weighted by atomic mass is 32.1. The second kappa shape index (κ2) is 11.1. The number of ether oxygens (including phenoxy) is 1. The van der Waals surface area contributed by atoms with E-state index >= 15 is 0 Å². The molecule has 0 radical (unpaired) electrons. The number of benzene rings is 1. The number of nitrogens with one attached hydrogen (secondary N) is 1. The highest BCUT2D eigenvalue weighted by molar-refractivity contribution is 7.18. The summed E-state index contributed by atoms with van der Waals surface area (Å²) >= 11 is 1.76. The molecule has 0 aliphatic carbocycles. The Morgan fingerprint density at radius 3 is 2.62 bits per heavy atom. The fraction of sp³-hybridized carbons (Fsp3) is 0.483. The first-order valence-corrected chi connectivity index (χ1v) is 14.4. The number of likely N-dealkylation sites (tertiary alicyclic amines) is 2. The molecule has 0 saturated carbocycles. The van der Waals surface area contributed by atoms with E-state index in [4.69, 9.17) is 15.5 Å². The molecule has 2 aromatic heterocycles. The molecule has 3 N–H and O–H groups in total. The van der Waals surface area contributed by atoms with E-state index in [1.807, 2.05) is 0 Å². The van der Waals surface area contributed by atoms with Gasteiger partial charge in [-0.1, -0.05) is 19.9 Å². The summed E-state index contributed by atoms with van der Waals surface area (Å²) in [5, 5.41) is 3.75. The summed E-state index contributed by atoms with van der Waals surface area (Å²) in [5.74, 6) is -1.87. The molecule has 212 valence electrons. The molecule has 1 aromatic carbocycles. The van der Waals surface area contributed by atoms with Gasteiger partial charge in [-0.15, -0.1) is 11.3 Å². The van der Waals surface area contributed by atoms with E-state index in [1.165, 1.54) is 24.4 Å². The summed E-state index contributed by atoms with van der Waals surface area (Å²) in [6.07, 6.45) is 5.19. The van der Waals surface area contributed by atoms with Crippen LogP contribution < -0.4 is 15.8 Å². The fourth-order valence-electron chi connectivity index (χ4n) is 5.63. The number of primary amides is 1. The summed E-state index contributed by atoms with van der Waals surface area (Å²) in [7, 11) is 3.53. The fourth-order valence-corrected chi connectivity index (χ4v) is 6.78. The number of carbonyl (C=O) groups excluding carboxylic acids is 3. The third-order valence-corrected chi connectivity index (χ3v) is 9.59. The normalized spacial score (nSPS) is 21.2. The number of nitrogens with two attached hydrogens (primary N) is 1.